The molecular weight excluding hydrogens is 445 g/mol. The first-order valence-electron chi connectivity index (χ1n) is 10.2. The average Bonchev–Trinajstić information content (AvgIpc) is 2.81. The summed E-state index contributed by atoms with van der Waals surface area (Å²) in [6.45, 7) is 3.95. The van der Waals surface area contributed by atoms with Gasteiger partial charge in [-0.2, -0.15) is 0 Å². The van der Waals surface area contributed by atoms with Gasteiger partial charge in [-0.25, -0.2) is 9.37 Å². The van der Waals surface area contributed by atoms with Crippen molar-refractivity contribution in [2.45, 2.75) is 23.2 Å². The molecule has 1 amide bonds. The van der Waals surface area contributed by atoms with E-state index in [2.05, 4.69) is 21.9 Å². The van der Waals surface area contributed by atoms with Crippen LogP contribution in [0.15, 0.2) is 65.1 Å². The number of thioether (sulfide) groups is 1. The molecule has 2 heterocycles. The molecule has 2 N–H and O–H groups in total. The van der Waals surface area contributed by atoms with E-state index in [1.54, 1.807) is 42.5 Å². The van der Waals surface area contributed by atoms with Crippen LogP contribution < -0.4 is 20.3 Å². The summed E-state index contributed by atoms with van der Waals surface area (Å²) in [7, 11) is 1.52. The standard InChI is InChI=1S/C24H22FN3O4S/c1-3-10-32-18-9-8-14(11-19(18)31-2)16-12-20(29)26-22-21(16)23(30)28-24(27-22)33-13-15-6-4-5-7-17(15)25/h3-9,11,16H,1,10,12-13H2,2H3,(H2,26,27,28,29,30)/t16-/m0/s1. The van der Waals surface area contributed by atoms with Gasteiger partial charge in [-0.3, -0.25) is 9.59 Å². The molecule has 0 aliphatic carbocycles. The van der Waals surface area contributed by atoms with Crippen LogP contribution in [0.3, 0.4) is 0 Å². The molecule has 170 valence electrons. The summed E-state index contributed by atoms with van der Waals surface area (Å²) in [5, 5.41) is 2.99. The van der Waals surface area contributed by atoms with Crippen LogP contribution in [0.2, 0.25) is 0 Å². The lowest BCUT2D eigenvalue weighted by molar-refractivity contribution is -0.116. The van der Waals surface area contributed by atoms with Gasteiger partial charge in [0.1, 0.15) is 18.2 Å². The molecule has 33 heavy (non-hydrogen) atoms. The predicted octanol–water partition coefficient (Wildman–Crippen LogP) is 4.25. The van der Waals surface area contributed by atoms with Crippen LogP contribution in [0.25, 0.3) is 0 Å². The first-order valence-corrected chi connectivity index (χ1v) is 11.2. The fraction of sp³-hybridized carbons (Fsp3) is 0.208. The molecule has 3 aromatic rings. The molecule has 2 aromatic carbocycles. The number of carbonyl (C=O) groups is 1. The zero-order valence-corrected chi connectivity index (χ0v) is 18.7. The van der Waals surface area contributed by atoms with Crippen LogP contribution in [0, 0.1) is 5.82 Å². The lowest BCUT2D eigenvalue weighted by atomic mass is 9.86. The van der Waals surface area contributed by atoms with Crippen LogP contribution in [0.5, 0.6) is 11.5 Å². The quantitative estimate of drug-likeness (QED) is 0.292. The summed E-state index contributed by atoms with van der Waals surface area (Å²) in [6.07, 6.45) is 1.72. The Morgan fingerprint density at radius 3 is 2.82 bits per heavy atom. The third-order valence-electron chi connectivity index (χ3n) is 5.20. The predicted molar refractivity (Wildman–Crippen MR) is 125 cm³/mol. The topological polar surface area (TPSA) is 93.3 Å². The number of nitrogens with one attached hydrogen (secondary N) is 2. The van der Waals surface area contributed by atoms with Gasteiger partial charge >= 0.3 is 0 Å². The van der Waals surface area contributed by atoms with Gasteiger partial charge in [0.2, 0.25) is 5.91 Å². The molecule has 7 nitrogen and oxygen atoms in total. The first kappa shape index (κ1) is 22.6. The van der Waals surface area contributed by atoms with Gasteiger partial charge in [-0.15, -0.1) is 0 Å². The number of hydrogen-bond donors (Lipinski definition) is 2. The number of halogens is 1. The van der Waals surface area contributed by atoms with Crippen molar-refractivity contribution in [1.82, 2.24) is 9.97 Å². The molecule has 1 aliphatic heterocycles. The molecule has 1 atom stereocenters. The Kier molecular flexibility index (Phi) is 6.79. The van der Waals surface area contributed by atoms with E-state index in [-0.39, 0.29) is 35.3 Å². The number of aromatic amines is 1. The zero-order chi connectivity index (χ0) is 23.4. The van der Waals surface area contributed by atoms with Gasteiger partial charge in [0, 0.05) is 18.1 Å². The molecule has 9 heteroatoms. The van der Waals surface area contributed by atoms with Gasteiger partial charge in [-0.1, -0.05) is 48.7 Å². The minimum Gasteiger partial charge on any atom is -0.493 e. The van der Waals surface area contributed by atoms with Crippen molar-refractivity contribution in [2.75, 3.05) is 19.0 Å². The number of anilines is 1. The maximum Gasteiger partial charge on any atom is 0.257 e. The van der Waals surface area contributed by atoms with Gasteiger partial charge < -0.3 is 19.8 Å². The second-order valence-electron chi connectivity index (χ2n) is 7.33. The molecule has 0 radical (unpaired) electrons. The number of hydrogen-bond acceptors (Lipinski definition) is 6. The molecule has 4 rings (SSSR count). The normalized spacial score (nSPS) is 14.8. The van der Waals surface area contributed by atoms with E-state index in [1.807, 2.05) is 0 Å². The lowest BCUT2D eigenvalue weighted by Crippen LogP contribution is -2.31. The fourth-order valence-electron chi connectivity index (χ4n) is 3.63. The fourth-order valence-corrected chi connectivity index (χ4v) is 4.48. The molecule has 0 spiro atoms. The molecule has 1 aliphatic rings. The zero-order valence-electron chi connectivity index (χ0n) is 17.9. The van der Waals surface area contributed by atoms with Crippen LogP contribution >= 0.6 is 11.8 Å². The smallest absolute Gasteiger partial charge is 0.257 e. The summed E-state index contributed by atoms with van der Waals surface area (Å²) in [4.78, 5) is 32.6. The highest BCUT2D eigenvalue weighted by atomic mass is 32.2. The summed E-state index contributed by atoms with van der Waals surface area (Å²) in [6, 6.07) is 11.7. The third-order valence-corrected chi connectivity index (χ3v) is 6.12. The third kappa shape index (κ3) is 4.93. The van der Waals surface area contributed by atoms with E-state index in [0.717, 1.165) is 5.56 Å². The van der Waals surface area contributed by atoms with Crippen molar-refractivity contribution in [1.29, 1.82) is 0 Å². The number of rotatable bonds is 8. The maximum absolute atomic E-state index is 13.9. The number of H-pyrrole nitrogens is 1. The molecule has 0 bridgehead atoms. The van der Waals surface area contributed by atoms with E-state index < -0.39 is 5.92 Å². The van der Waals surface area contributed by atoms with Crippen molar-refractivity contribution >= 4 is 23.5 Å². The van der Waals surface area contributed by atoms with Gasteiger partial charge in [0.05, 0.1) is 12.7 Å². The number of fused-ring (bicyclic) bond motifs is 1. The number of benzene rings is 2. The SMILES string of the molecule is C=CCOc1ccc([C@@H]2CC(=O)Nc3nc(SCc4ccccc4F)[nH]c(=O)c32)cc1OC. The number of ether oxygens (including phenoxy) is 2. The van der Waals surface area contributed by atoms with Gasteiger partial charge in [-0.05, 0) is 29.3 Å². The largest absolute Gasteiger partial charge is 0.493 e. The molecule has 0 saturated heterocycles. The maximum atomic E-state index is 13.9. The highest BCUT2D eigenvalue weighted by Crippen LogP contribution is 2.38. The monoisotopic (exact) mass is 467 g/mol. The molecule has 0 fully saturated rings. The second kappa shape index (κ2) is 9.91. The van der Waals surface area contributed by atoms with Crippen LogP contribution in [0.1, 0.15) is 29.0 Å². The van der Waals surface area contributed by atoms with E-state index in [9.17, 15) is 14.0 Å². The lowest BCUT2D eigenvalue weighted by Gasteiger charge is -2.25. The van der Waals surface area contributed by atoms with Crippen LogP contribution in [0.4, 0.5) is 10.2 Å². The molecular formula is C24H22FN3O4S. The molecule has 1 aromatic heterocycles. The van der Waals surface area contributed by atoms with Gasteiger partial charge in [0.15, 0.2) is 16.7 Å². The van der Waals surface area contributed by atoms with Crippen molar-refractivity contribution in [2.24, 2.45) is 0 Å². The Morgan fingerprint density at radius 2 is 2.06 bits per heavy atom. The molecule has 0 unspecified atom stereocenters. The number of aromatic nitrogens is 2. The highest BCUT2D eigenvalue weighted by molar-refractivity contribution is 7.98. The van der Waals surface area contributed by atoms with Crippen molar-refractivity contribution < 1.29 is 18.7 Å². The Bertz CT molecular complexity index is 1260. The Morgan fingerprint density at radius 1 is 1.24 bits per heavy atom. The van der Waals surface area contributed by atoms with E-state index in [4.69, 9.17) is 9.47 Å². The highest BCUT2D eigenvalue weighted by Gasteiger charge is 2.31. The summed E-state index contributed by atoms with van der Waals surface area (Å²) in [5.41, 5.74) is 1.24. The average molecular weight is 468 g/mol. The van der Waals surface area contributed by atoms with Crippen LogP contribution in [-0.4, -0.2) is 29.6 Å². The Hall–Kier alpha value is -3.59. The number of methoxy groups -OCH3 is 1. The summed E-state index contributed by atoms with van der Waals surface area (Å²) < 4.78 is 24.9. The number of nitrogens with zero attached hydrogens (tertiary/aromatic N) is 1. The minimum absolute atomic E-state index is 0.0927. The number of carbonyl (C=O) groups excluding carboxylic acids is 1. The van der Waals surface area contributed by atoms with Crippen molar-refractivity contribution in [3.63, 3.8) is 0 Å². The first-order chi connectivity index (χ1) is 16.0. The van der Waals surface area contributed by atoms with Crippen molar-refractivity contribution in [3.8, 4) is 11.5 Å². The van der Waals surface area contributed by atoms with E-state index in [0.29, 0.717) is 34.4 Å². The summed E-state index contributed by atoms with van der Waals surface area (Å²) in [5.74, 6) is 0.446. The van der Waals surface area contributed by atoms with Crippen molar-refractivity contribution in [3.05, 3.63) is 88.0 Å². The molecule has 0 saturated carbocycles. The Balaban J connectivity index is 1.65. The van der Waals surface area contributed by atoms with Gasteiger partial charge in [0.25, 0.3) is 5.56 Å². The van der Waals surface area contributed by atoms with Crippen LogP contribution in [-0.2, 0) is 10.5 Å². The summed E-state index contributed by atoms with van der Waals surface area (Å²) >= 11 is 1.19. The Labute approximate surface area is 194 Å². The van der Waals surface area contributed by atoms with E-state index in [1.165, 1.54) is 24.9 Å². The minimum atomic E-state index is -0.502. The number of amides is 1. The second-order valence-corrected chi connectivity index (χ2v) is 8.29. The van der Waals surface area contributed by atoms with E-state index >= 15 is 0 Å².